The molecule has 1 aliphatic rings. The first kappa shape index (κ1) is 22.8. The van der Waals surface area contributed by atoms with Crippen molar-refractivity contribution in [2.45, 2.75) is 25.0 Å². The molecule has 2 N–H and O–H groups in total. The van der Waals surface area contributed by atoms with Crippen LogP contribution in [0.4, 0.5) is 0 Å². The van der Waals surface area contributed by atoms with Crippen molar-refractivity contribution in [3.05, 3.63) is 65.9 Å². The molecule has 2 heterocycles. The van der Waals surface area contributed by atoms with E-state index < -0.39 is 12.6 Å². The predicted molar refractivity (Wildman–Crippen MR) is 122 cm³/mol. The molecule has 0 aliphatic carbocycles. The molecule has 4 rings (SSSR count). The Kier molecular flexibility index (Phi) is 6.96. The minimum atomic E-state index is -1.05. The number of aliphatic hydroxyl groups excluding tert-OH is 1. The number of likely N-dealkylation sites (N-methyl/N-ethyl adjacent to an activating group) is 1. The van der Waals surface area contributed by atoms with Crippen molar-refractivity contribution >= 4 is 22.8 Å². The van der Waals surface area contributed by atoms with Crippen molar-refractivity contribution in [1.82, 2.24) is 9.80 Å². The summed E-state index contributed by atoms with van der Waals surface area (Å²) in [5.74, 6) is -0.686. The Bertz CT molecular complexity index is 1130. The molecule has 1 amide bonds. The molecule has 0 bridgehead atoms. The van der Waals surface area contributed by atoms with Crippen LogP contribution in [0.15, 0.2) is 59.2 Å². The van der Waals surface area contributed by atoms with E-state index in [0.717, 1.165) is 28.6 Å². The maximum absolute atomic E-state index is 13.3. The third-order valence-corrected chi connectivity index (χ3v) is 6.05. The van der Waals surface area contributed by atoms with Crippen molar-refractivity contribution < 1.29 is 29.0 Å². The smallest absolute Gasteiger partial charge is 0.341 e. The van der Waals surface area contributed by atoms with Gasteiger partial charge in [-0.1, -0.05) is 30.3 Å². The third-order valence-electron chi connectivity index (χ3n) is 6.05. The van der Waals surface area contributed by atoms with Gasteiger partial charge in [0.2, 0.25) is 5.91 Å². The number of aliphatic hydroxyl groups is 1. The second kappa shape index (κ2) is 10.1. The monoisotopic (exact) mass is 452 g/mol. The van der Waals surface area contributed by atoms with Crippen molar-refractivity contribution in [2.75, 3.05) is 33.3 Å². The first-order valence-corrected chi connectivity index (χ1v) is 11.0. The van der Waals surface area contributed by atoms with Crippen LogP contribution in [0, 0.1) is 0 Å². The lowest BCUT2D eigenvalue weighted by Crippen LogP contribution is -2.39. The number of carboxylic acids is 1. The zero-order valence-electron chi connectivity index (χ0n) is 18.5. The molecule has 1 fully saturated rings. The molecule has 33 heavy (non-hydrogen) atoms. The number of β-amino-alcohol motifs (C(OH)–C–C–N with tert-alkyl or cyclic N) is 1. The molecule has 0 spiro atoms. The predicted octanol–water partition coefficient (Wildman–Crippen LogP) is 2.71. The Hall–Kier alpha value is -3.36. The van der Waals surface area contributed by atoms with Crippen molar-refractivity contribution in [3.8, 4) is 5.75 Å². The molecule has 0 saturated carbocycles. The van der Waals surface area contributed by atoms with Gasteiger partial charge in [-0.25, -0.2) is 4.79 Å². The van der Waals surface area contributed by atoms with Gasteiger partial charge >= 0.3 is 5.97 Å². The van der Waals surface area contributed by atoms with Crippen molar-refractivity contribution in [2.24, 2.45) is 0 Å². The molecule has 3 aromatic rings. The summed E-state index contributed by atoms with van der Waals surface area (Å²) in [6, 6.07) is 14.5. The first-order valence-electron chi connectivity index (χ1n) is 11.0. The van der Waals surface area contributed by atoms with Crippen LogP contribution in [0.25, 0.3) is 11.0 Å². The van der Waals surface area contributed by atoms with Gasteiger partial charge in [0.25, 0.3) is 0 Å². The Morgan fingerprint density at radius 3 is 2.82 bits per heavy atom. The van der Waals surface area contributed by atoms with E-state index in [0.29, 0.717) is 25.3 Å². The second-order valence-electron chi connectivity index (χ2n) is 8.41. The van der Waals surface area contributed by atoms with Crippen LogP contribution in [-0.2, 0) is 16.0 Å². The third kappa shape index (κ3) is 5.53. The van der Waals surface area contributed by atoms with E-state index in [4.69, 9.17) is 14.3 Å². The highest BCUT2D eigenvalue weighted by Gasteiger charge is 2.29. The number of hydrogen-bond acceptors (Lipinski definition) is 6. The molecule has 2 atom stereocenters. The number of hydrogen-bond donors (Lipinski definition) is 2. The summed E-state index contributed by atoms with van der Waals surface area (Å²) in [5.41, 5.74) is 2.41. The van der Waals surface area contributed by atoms with Crippen LogP contribution in [0.3, 0.4) is 0 Å². The first-order chi connectivity index (χ1) is 15.9. The number of likely N-dealkylation sites (tertiary alicyclic amines) is 1. The number of benzene rings is 2. The number of ether oxygens (including phenoxy) is 1. The number of para-hydroxylation sites is 1. The quantitative estimate of drug-likeness (QED) is 0.514. The molecular formula is C25H28N2O6. The standard InChI is InChI=1S/C25H28N2O6/c1-26(24(29)12-18-15-33-23-8-3-2-7-21(18)23)22(14-27-10-9-19(28)13-27)17-5-4-6-20(11-17)32-16-25(30)31/h2-8,11,15,19,22,28H,9-10,12-14,16H2,1H3,(H,30,31)/t19-,22+/m0/s1. The van der Waals surface area contributed by atoms with Gasteiger partial charge in [0.15, 0.2) is 6.61 Å². The second-order valence-corrected chi connectivity index (χ2v) is 8.41. The van der Waals surface area contributed by atoms with E-state index in [9.17, 15) is 14.7 Å². The average Bonchev–Trinajstić information content (AvgIpc) is 3.41. The van der Waals surface area contributed by atoms with Gasteiger partial charge in [0.1, 0.15) is 11.3 Å². The van der Waals surface area contributed by atoms with Gasteiger partial charge in [0, 0.05) is 37.6 Å². The van der Waals surface area contributed by atoms with Crippen LogP contribution >= 0.6 is 0 Å². The fourth-order valence-electron chi connectivity index (χ4n) is 4.26. The molecule has 0 radical (unpaired) electrons. The van der Waals surface area contributed by atoms with Crippen LogP contribution in [0.1, 0.15) is 23.6 Å². The van der Waals surface area contributed by atoms with E-state index in [1.54, 1.807) is 36.4 Å². The summed E-state index contributed by atoms with van der Waals surface area (Å²) in [4.78, 5) is 28.0. The van der Waals surface area contributed by atoms with Gasteiger partial charge < -0.3 is 24.3 Å². The van der Waals surface area contributed by atoms with Gasteiger partial charge in [0.05, 0.1) is 24.8 Å². The highest BCUT2D eigenvalue weighted by atomic mass is 16.5. The fraction of sp³-hybridized carbons (Fsp3) is 0.360. The number of carbonyl (C=O) groups excluding carboxylic acids is 1. The Labute approximate surface area is 192 Å². The molecule has 8 nitrogen and oxygen atoms in total. The van der Waals surface area contributed by atoms with Gasteiger partial charge in [-0.05, 0) is 30.2 Å². The van der Waals surface area contributed by atoms with Crippen LogP contribution in [0.5, 0.6) is 5.75 Å². The number of rotatable bonds is 9. The minimum absolute atomic E-state index is 0.0665. The Morgan fingerprint density at radius 1 is 1.24 bits per heavy atom. The largest absolute Gasteiger partial charge is 0.482 e. The summed E-state index contributed by atoms with van der Waals surface area (Å²) < 4.78 is 10.9. The molecule has 8 heteroatoms. The number of aliphatic carboxylic acids is 1. The van der Waals surface area contributed by atoms with Crippen molar-refractivity contribution in [1.29, 1.82) is 0 Å². The lowest BCUT2D eigenvalue weighted by atomic mass is 10.0. The minimum Gasteiger partial charge on any atom is -0.482 e. The van der Waals surface area contributed by atoms with E-state index in [-0.39, 0.29) is 24.5 Å². The molecule has 2 aromatic carbocycles. The zero-order valence-corrected chi connectivity index (χ0v) is 18.5. The molecule has 1 saturated heterocycles. The number of carboxylic acid groups (broad SMARTS) is 1. The number of furan rings is 1. The molecule has 1 aliphatic heterocycles. The van der Waals surface area contributed by atoms with Crippen molar-refractivity contribution in [3.63, 3.8) is 0 Å². The lowest BCUT2D eigenvalue weighted by molar-refractivity contribution is -0.139. The Balaban J connectivity index is 1.56. The summed E-state index contributed by atoms with van der Waals surface area (Å²) in [5, 5.41) is 19.8. The topological polar surface area (TPSA) is 103 Å². The van der Waals surface area contributed by atoms with Crippen LogP contribution in [-0.4, -0.2) is 71.3 Å². The summed E-state index contributed by atoms with van der Waals surface area (Å²) >= 11 is 0. The molecule has 0 unspecified atom stereocenters. The highest BCUT2D eigenvalue weighted by molar-refractivity contribution is 5.87. The number of carbonyl (C=O) groups is 2. The van der Waals surface area contributed by atoms with E-state index in [1.165, 1.54) is 0 Å². The van der Waals surface area contributed by atoms with E-state index in [2.05, 4.69) is 4.90 Å². The molecular weight excluding hydrogens is 424 g/mol. The van der Waals surface area contributed by atoms with E-state index >= 15 is 0 Å². The van der Waals surface area contributed by atoms with E-state index in [1.807, 2.05) is 30.3 Å². The lowest BCUT2D eigenvalue weighted by Gasteiger charge is -2.32. The maximum atomic E-state index is 13.3. The van der Waals surface area contributed by atoms with Crippen LogP contribution in [0.2, 0.25) is 0 Å². The normalized spacial score (nSPS) is 17.2. The molecule has 1 aromatic heterocycles. The number of fused-ring (bicyclic) bond motifs is 1. The highest BCUT2D eigenvalue weighted by Crippen LogP contribution is 2.28. The average molecular weight is 453 g/mol. The Morgan fingerprint density at radius 2 is 2.06 bits per heavy atom. The van der Waals surface area contributed by atoms with Crippen LogP contribution < -0.4 is 4.74 Å². The van der Waals surface area contributed by atoms with Gasteiger partial charge in [-0.2, -0.15) is 0 Å². The summed E-state index contributed by atoms with van der Waals surface area (Å²) in [6.45, 7) is 1.42. The van der Waals surface area contributed by atoms with Gasteiger partial charge in [-0.3, -0.25) is 9.69 Å². The fourth-order valence-corrected chi connectivity index (χ4v) is 4.26. The number of amides is 1. The summed E-state index contributed by atoms with van der Waals surface area (Å²) in [6.07, 6.45) is 2.16. The zero-order chi connectivity index (χ0) is 23.4. The maximum Gasteiger partial charge on any atom is 0.341 e. The SMILES string of the molecule is CN(C(=O)Cc1coc2ccccc12)[C@H](CN1CC[C@H](O)C1)c1cccc(OCC(=O)O)c1. The number of nitrogens with zero attached hydrogens (tertiary/aromatic N) is 2. The van der Waals surface area contributed by atoms with Gasteiger partial charge in [-0.15, -0.1) is 0 Å². The molecule has 174 valence electrons. The summed E-state index contributed by atoms with van der Waals surface area (Å²) in [7, 11) is 1.77.